The molecule has 20 heavy (non-hydrogen) atoms. The third-order valence-corrected chi connectivity index (χ3v) is 2.69. The molecule has 0 unspecified atom stereocenters. The van der Waals surface area contributed by atoms with E-state index in [1.54, 1.807) is 6.20 Å². The van der Waals surface area contributed by atoms with Gasteiger partial charge in [0.2, 0.25) is 0 Å². The van der Waals surface area contributed by atoms with Crippen LogP contribution >= 0.6 is 0 Å². The Labute approximate surface area is 118 Å². The number of rotatable bonds is 6. The summed E-state index contributed by atoms with van der Waals surface area (Å²) in [5.41, 5.74) is 2.08. The second kappa shape index (κ2) is 6.86. The van der Waals surface area contributed by atoms with Crippen LogP contribution in [0.4, 0.5) is 0 Å². The maximum atomic E-state index is 11.5. The number of esters is 1. The Kier molecular flexibility index (Phi) is 4.90. The third-order valence-electron chi connectivity index (χ3n) is 2.69. The van der Waals surface area contributed by atoms with Crippen molar-refractivity contribution in [2.45, 2.75) is 26.5 Å². The fourth-order valence-corrected chi connectivity index (χ4v) is 1.90. The van der Waals surface area contributed by atoms with E-state index in [0.717, 1.165) is 11.3 Å². The van der Waals surface area contributed by atoms with Crippen LogP contribution in [0.15, 0.2) is 42.7 Å². The molecule has 1 N–H and O–H groups in total. The number of carbonyl (C=O) groups excluding carboxylic acids is 1. The number of aromatic nitrogens is 2. The largest absolute Gasteiger partial charge is 0.462 e. The minimum Gasteiger partial charge on any atom is -0.462 e. The highest BCUT2D eigenvalue weighted by molar-refractivity contribution is 5.71. The molecule has 0 spiro atoms. The summed E-state index contributed by atoms with van der Waals surface area (Å²) in [6.07, 6.45) is 3.55. The molecule has 0 saturated carbocycles. The van der Waals surface area contributed by atoms with Gasteiger partial charge in [-0.2, -0.15) is 5.10 Å². The average Bonchev–Trinajstić information content (AvgIpc) is 2.92. The highest BCUT2D eigenvalue weighted by atomic mass is 16.5. The summed E-state index contributed by atoms with van der Waals surface area (Å²) in [5, 5.41) is 7.32. The quantitative estimate of drug-likeness (QED) is 0.817. The van der Waals surface area contributed by atoms with E-state index in [-0.39, 0.29) is 18.6 Å². The van der Waals surface area contributed by atoms with Crippen molar-refractivity contribution < 1.29 is 9.53 Å². The van der Waals surface area contributed by atoms with Gasteiger partial charge in [0.1, 0.15) is 0 Å². The lowest BCUT2D eigenvalue weighted by Gasteiger charge is -2.11. The van der Waals surface area contributed by atoms with Crippen molar-refractivity contribution in [3.05, 3.63) is 48.3 Å². The fraction of sp³-hybridized carbons (Fsp3) is 0.333. The van der Waals surface area contributed by atoms with E-state index in [4.69, 9.17) is 4.74 Å². The molecule has 0 aliphatic rings. The molecule has 1 aromatic carbocycles. The highest BCUT2D eigenvalue weighted by Crippen LogP contribution is 2.12. The van der Waals surface area contributed by atoms with Crippen molar-refractivity contribution in [3.8, 4) is 5.69 Å². The Morgan fingerprint density at radius 3 is 2.85 bits per heavy atom. The Morgan fingerprint density at radius 2 is 2.15 bits per heavy atom. The molecule has 0 amide bonds. The van der Waals surface area contributed by atoms with Crippen LogP contribution < -0.4 is 5.32 Å². The van der Waals surface area contributed by atoms with Gasteiger partial charge in [-0.05, 0) is 31.5 Å². The topological polar surface area (TPSA) is 56.1 Å². The van der Waals surface area contributed by atoms with Gasteiger partial charge < -0.3 is 10.1 Å². The van der Waals surface area contributed by atoms with E-state index in [1.807, 2.05) is 55.1 Å². The van der Waals surface area contributed by atoms with Gasteiger partial charge in [-0.15, -0.1) is 0 Å². The lowest BCUT2D eigenvalue weighted by Crippen LogP contribution is -2.26. The molecular weight excluding hydrogens is 254 g/mol. The highest BCUT2D eigenvalue weighted by Gasteiger charge is 2.07. The molecule has 0 atom stereocenters. The summed E-state index contributed by atoms with van der Waals surface area (Å²) in [4.78, 5) is 11.5. The number of carbonyl (C=O) groups is 1. The van der Waals surface area contributed by atoms with Crippen LogP contribution in [0, 0.1) is 0 Å². The van der Waals surface area contributed by atoms with Gasteiger partial charge in [0.05, 0.1) is 18.3 Å². The number of nitrogens with zero attached hydrogens (tertiary/aromatic N) is 2. The maximum absolute atomic E-state index is 11.5. The van der Waals surface area contributed by atoms with Gasteiger partial charge in [0, 0.05) is 18.9 Å². The number of nitrogens with one attached hydrogen (secondary N) is 1. The molecule has 0 saturated heterocycles. The molecule has 0 fully saturated rings. The first-order valence-corrected chi connectivity index (χ1v) is 6.65. The van der Waals surface area contributed by atoms with Gasteiger partial charge in [0.25, 0.3) is 0 Å². The molecule has 0 aliphatic heterocycles. The standard InChI is InChI=1S/C15H19N3O2/c1-12(2)20-15(19)11-16-10-13-6-3-4-7-14(13)18-9-5-8-17-18/h3-9,12,16H,10-11H2,1-2H3. The van der Waals surface area contributed by atoms with Gasteiger partial charge in [0.15, 0.2) is 0 Å². The summed E-state index contributed by atoms with van der Waals surface area (Å²) in [6.45, 7) is 4.46. The van der Waals surface area contributed by atoms with Crippen molar-refractivity contribution in [2.24, 2.45) is 0 Å². The monoisotopic (exact) mass is 273 g/mol. The molecule has 1 aromatic heterocycles. The van der Waals surface area contributed by atoms with E-state index >= 15 is 0 Å². The first kappa shape index (κ1) is 14.3. The van der Waals surface area contributed by atoms with Crippen molar-refractivity contribution in [2.75, 3.05) is 6.54 Å². The van der Waals surface area contributed by atoms with Crippen LogP contribution in [0.3, 0.4) is 0 Å². The van der Waals surface area contributed by atoms with Crippen LogP contribution in [0.25, 0.3) is 5.69 Å². The summed E-state index contributed by atoms with van der Waals surface area (Å²) in [5.74, 6) is -0.239. The minimum absolute atomic E-state index is 0.0827. The Morgan fingerprint density at radius 1 is 1.35 bits per heavy atom. The lowest BCUT2D eigenvalue weighted by molar-refractivity contribution is -0.146. The van der Waals surface area contributed by atoms with Crippen molar-refractivity contribution in [1.82, 2.24) is 15.1 Å². The minimum atomic E-state index is -0.239. The van der Waals surface area contributed by atoms with Crippen LogP contribution in [0.5, 0.6) is 0 Å². The zero-order valence-electron chi connectivity index (χ0n) is 11.7. The molecule has 2 aromatic rings. The Hall–Kier alpha value is -2.14. The van der Waals surface area contributed by atoms with Crippen molar-refractivity contribution in [1.29, 1.82) is 0 Å². The second-order valence-electron chi connectivity index (χ2n) is 4.72. The molecule has 5 heteroatoms. The van der Waals surface area contributed by atoms with Crippen LogP contribution in [0.1, 0.15) is 19.4 Å². The van der Waals surface area contributed by atoms with Gasteiger partial charge >= 0.3 is 5.97 Å². The summed E-state index contributed by atoms with van der Waals surface area (Å²) < 4.78 is 6.88. The fourth-order valence-electron chi connectivity index (χ4n) is 1.90. The predicted octanol–water partition coefficient (Wildman–Crippen LogP) is 1.91. The number of hydrogen-bond donors (Lipinski definition) is 1. The van der Waals surface area contributed by atoms with Crippen molar-refractivity contribution >= 4 is 5.97 Å². The van der Waals surface area contributed by atoms with Gasteiger partial charge in [-0.3, -0.25) is 4.79 Å². The molecule has 106 valence electrons. The van der Waals surface area contributed by atoms with Gasteiger partial charge in [-0.25, -0.2) is 4.68 Å². The average molecular weight is 273 g/mol. The zero-order valence-corrected chi connectivity index (χ0v) is 11.7. The molecule has 5 nitrogen and oxygen atoms in total. The van der Waals surface area contributed by atoms with Gasteiger partial charge in [-0.1, -0.05) is 18.2 Å². The molecule has 2 rings (SSSR count). The first-order valence-electron chi connectivity index (χ1n) is 6.65. The summed E-state index contributed by atoms with van der Waals surface area (Å²) in [7, 11) is 0. The SMILES string of the molecule is CC(C)OC(=O)CNCc1ccccc1-n1cccn1. The zero-order chi connectivity index (χ0) is 14.4. The molecular formula is C15H19N3O2. The second-order valence-corrected chi connectivity index (χ2v) is 4.72. The number of ether oxygens (including phenoxy) is 1. The number of hydrogen-bond acceptors (Lipinski definition) is 4. The van der Waals surface area contributed by atoms with E-state index in [1.165, 1.54) is 0 Å². The Balaban J connectivity index is 1.95. The normalized spacial score (nSPS) is 10.8. The maximum Gasteiger partial charge on any atom is 0.320 e. The number of benzene rings is 1. The van der Waals surface area contributed by atoms with Crippen LogP contribution in [-0.4, -0.2) is 28.4 Å². The molecule has 0 aliphatic carbocycles. The number of para-hydroxylation sites is 1. The molecule has 0 radical (unpaired) electrons. The third kappa shape index (κ3) is 3.93. The summed E-state index contributed by atoms with van der Waals surface area (Å²) in [6, 6.07) is 9.82. The van der Waals surface area contributed by atoms with E-state index in [2.05, 4.69) is 10.4 Å². The Bertz CT molecular complexity index is 550. The smallest absolute Gasteiger partial charge is 0.320 e. The predicted molar refractivity (Wildman–Crippen MR) is 76.5 cm³/mol. The van der Waals surface area contributed by atoms with E-state index in [0.29, 0.717) is 6.54 Å². The first-order chi connectivity index (χ1) is 9.66. The lowest BCUT2D eigenvalue weighted by atomic mass is 10.2. The van der Waals surface area contributed by atoms with Crippen LogP contribution in [0.2, 0.25) is 0 Å². The summed E-state index contributed by atoms with van der Waals surface area (Å²) >= 11 is 0. The van der Waals surface area contributed by atoms with Crippen LogP contribution in [-0.2, 0) is 16.1 Å². The van der Waals surface area contributed by atoms with E-state index in [9.17, 15) is 4.79 Å². The molecule has 1 heterocycles. The van der Waals surface area contributed by atoms with E-state index < -0.39 is 0 Å². The van der Waals surface area contributed by atoms with Crippen molar-refractivity contribution in [3.63, 3.8) is 0 Å². The molecule has 0 bridgehead atoms.